The third kappa shape index (κ3) is 2.34. The fourth-order valence-corrected chi connectivity index (χ4v) is 2.14. The van der Waals surface area contributed by atoms with E-state index in [2.05, 4.69) is 5.32 Å². The van der Waals surface area contributed by atoms with Crippen LogP contribution in [0.25, 0.3) is 0 Å². The lowest BCUT2D eigenvalue weighted by atomic mass is 9.85. The molecular formula is C12H14Cl2N2O2. The molecular weight excluding hydrogens is 275 g/mol. The maximum absolute atomic E-state index is 12.2. The molecule has 0 spiro atoms. The van der Waals surface area contributed by atoms with Crippen molar-refractivity contribution in [2.24, 2.45) is 11.1 Å². The lowest BCUT2D eigenvalue weighted by molar-refractivity contribution is -0.125. The highest BCUT2D eigenvalue weighted by Crippen LogP contribution is 2.33. The molecule has 0 saturated carbocycles. The van der Waals surface area contributed by atoms with Gasteiger partial charge in [0.05, 0.1) is 34.4 Å². The summed E-state index contributed by atoms with van der Waals surface area (Å²) < 4.78 is 5.24. The predicted molar refractivity (Wildman–Crippen MR) is 72.0 cm³/mol. The minimum Gasteiger partial charge on any atom is -0.379 e. The molecule has 1 aliphatic heterocycles. The number of nitrogens with two attached hydrogens (primary N) is 1. The zero-order chi connectivity index (χ0) is 13.3. The normalized spacial score (nSPS) is 27.2. The van der Waals surface area contributed by atoms with E-state index in [0.29, 0.717) is 28.9 Å². The highest BCUT2D eigenvalue weighted by atomic mass is 35.5. The van der Waals surface area contributed by atoms with Crippen LogP contribution in [-0.4, -0.2) is 25.2 Å². The summed E-state index contributed by atoms with van der Waals surface area (Å²) in [5, 5.41) is 3.47. The van der Waals surface area contributed by atoms with Gasteiger partial charge < -0.3 is 15.8 Å². The van der Waals surface area contributed by atoms with Crippen molar-refractivity contribution < 1.29 is 9.53 Å². The molecule has 1 saturated heterocycles. The van der Waals surface area contributed by atoms with Crippen molar-refractivity contribution in [3.8, 4) is 0 Å². The Balaban J connectivity index is 2.19. The molecule has 1 heterocycles. The smallest absolute Gasteiger partial charge is 0.234 e. The number of halogens is 2. The first-order valence-electron chi connectivity index (χ1n) is 5.54. The van der Waals surface area contributed by atoms with Crippen LogP contribution in [0.1, 0.15) is 6.92 Å². The Morgan fingerprint density at radius 2 is 2.28 bits per heavy atom. The van der Waals surface area contributed by atoms with Crippen molar-refractivity contribution in [2.45, 2.75) is 13.0 Å². The maximum Gasteiger partial charge on any atom is 0.234 e. The molecule has 2 atom stereocenters. The third-order valence-corrected chi connectivity index (χ3v) is 4.06. The molecule has 0 aromatic heterocycles. The average Bonchev–Trinajstić information content (AvgIpc) is 2.67. The number of benzene rings is 1. The molecule has 1 aromatic rings. The topological polar surface area (TPSA) is 64.3 Å². The van der Waals surface area contributed by atoms with Crippen LogP contribution in [0.3, 0.4) is 0 Å². The van der Waals surface area contributed by atoms with Crippen molar-refractivity contribution in [3.63, 3.8) is 0 Å². The molecule has 18 heavy (non-hydrogen) atoms. The van der Waals surface area contributed by atoms with Crippen LogP contribution in [0.5, 0.6) is 0 Å². The van der Waals surface area contributed by atoms with Crippen LogP contribution in [-0.2, 0) is 9.53 Å². The minimum absolute atomic E-state index is 0.211. The fraction of sp³-hybridized carbons (Fsp3) is 0.417. The molecule has 6 heteroatoms. The molecule has 4 nitrogen and oxygen atoms in total. The summed E-state index contributed by atoms with van der Waals surface area (Å²) in [7, 11) is 0. The second kappa shape index (κ2) is 5.05. The summed E-state index contributed by atoms with van der Waals surface area (Å²) >= 11 is 11.9. The summed E-state index contributed by atoms with van der Waals surface area (Å²) in [6, 6.07) is 4.75. The van der Waals surface area contributed by atoms with Crippen molar-refractivity contribution in [1.82, 2.24) is 0 Å². The Morgan fingerprint density at radius 3 is 2.89 bits per heavy atom. The predicted octanol–water partition coefficient (Wildman–Crippen LogP) is 2.30. The molecule has 0 radical (unpaired) electrons. The van der Waals surface area contributed by atoms with Gasteiger partial charge >= 0.3 is 0 Å². The Hall–Kier alpha value is -0.810. The van der Waals surface area contributed by atoms with E-state index in [1.165, 1.54) is 0 Å². The second-order valence-electron chi connectivity index (χ2n) is 4.59. The monoisotopic (exact) mass is 288 g/mol. The number of hydrogen-bond acceptors (Lipinski definition) is 3. The molecule has 1 fully saturated rings. The van der Waals surface area contributed by atoms with Gasteiger partial charge in [-0.05, 0) is 19.1 Å². The van der Waals surface area contributed by atoms with E-state index in [0.717, 1.165) is 0 Å². The van der Waals surface area contributed by atoms with Crippen molar-refractivity contribution in [2.75, 3.05) is 18.5 Å². The van der Waals surface area contributed by atoms with Gasteiger partial charge in [0, 0.05) is 6.04 Å². The van der Waals surface area contributed by atoms with E-state index in [1.54, 1.807) is 25.1 Å². The van der Waals surface area contributed by atoms with Crippen LogP contribution in [0.15, 0.2) is 18.2 Å². The van der Waals surface area contributed by atoms with Gasteiger partial charge in [-0.2, -0.15) is 0 Å². The largest absolute Gasteiger partial charge is 0.379 e. The van der Waals surface area contributed by atoms with Crippen LogP contribution in [0.4, 0.5) is 5.69 Å². The number of ether oxygens (including phenoxy) is 1. The Kier molecular flexibility index (Phi) is 3.82. The summed E-state index contributed by atoms with van der Waals surface area (Å²) in [5.41, 5.74) is 5.63. The third-order valence-electron chi connectivity index (χ3n) is 3.24. The molecule has 1 aromatic carbocycles. The molecule has 2 unspecified atom stereocenters. The Morgan fingerprint density at radius 1 is 1.56 bits per heavy atom. The fourth-order valence-electron chi connectivity index (χ4n) is 1.79. The van der Waals surface area contributed by atoms with E-state index in [1.807, 2.05) is 0 Å². The number of carbonyl (C=O) groups is 1. The molecule has 3 N–H and O–H groups in total. The average molecular weight is 289 g/mol. The number of anilines is 1. The van der Waals surface area contributed by atoms with Crippen LogP contribution >= 0.6 is 23.2 Å². The number of amides is 1. The van der Waals surface area contributed by atoms with Crippen LogP contribution in [0, 0.1) is 5.41 Å². The van der Waals surface area contributed by atoms with Crippen molar-refractivity contribution >= 4 is 34.8 Å². The van der Waals surface area contributed by atoms with Gasteiger partial charge in [-0.3, -0.25) is 4.79 Å². The molecule has 1 amide bonds. The van der Waals surface area contributed by atoms with Gasteiger partial charge in [-0.25, -0.2) is 0 Å². The van der Waals surface area contributed by atoms with E-state index in [9.17, 15) is 4.79 Å². The van der Waals surface area contributed by atoms with Gasteiger partial charge in [0.2, 0.25) is 5.91 Å². The van der Waals surface area contributed by atoms with E-state index in [-0.39, 0.29) is 11.9 Å². The number of hydrogen-bond donors (Lipinski definition) is 2. The van der Waals surface area contributed by atoms with Gasteiger partial charge in [0.15, 0.2) is 0 Å². The summed E-state index contributed by atoms with van der Waals surface area (Å²) in [6.45, 7) is 2.46. The quantitative estimate of drug-likeness (QED) is 0.878. The summed E-state index contributed by atoms with van der Waals surface area (Å²) in [5.74, 6) is -0.211. The highest BCUT2D eigenvalue weighted by Gasteiger charge is 2.44. The first kappa shape index (κ1) is 13.6. The Labute approximate surface area is 115 Å². The zero-order valence-electron chi connectivity index (χ0n) is 9.87. The molecule has 0 bridgehead atoms. The van der Waals surface area contributed by atoms with Crippen LogP contribution in [0.2, 0.25) is 10.0 Å². The number of carbonyl (C=O) groups excluding carboxylic acids is 1. The van der Waals surface area contributed by atoms with E-state index >= 15 is 0 Å². The SMILES string of the molecule is CC1(C(=O)Nc2cccc(Cl)c2Cl)COCC1N. The molecule has 2 rings (SSSR count). The van der Waals surface area contributed by atoms with Gasteiger partial charge in [0.1, 0.15) is 0 Å². The first-order valence-corrected chi connectivity index (χ1v) is 6.29. The number of nitrogens with one attached hydrogen (secondary N) is 1. The van der Waals surface area contributed by atoms with E-state index < -0.39 is 5.41 Å². The lowest BCUT2D eigenvalue weighted by Gasteiger charge is -2.25. The van der Waals surface area contributed by atoms with Crippen molar-refractivity contribution in [1.29, 1.82) is 0 Å². The first-order chi connectivity index (χ1) is 8.45. The maximum atomic E-state index is 12.2. The summed E-state index contributed by atoms with van der Waals surface area (Å²) in [4.78, 5) is 12.2. The molecule has 1 aliphatic rings. The minimum atomic E-state index is -0.744. The highest BCUT2D eigenvalue weighted by molar-refractivity contribution is 6.44. The summed E-state index contributed by atoms with van der Waals surface area (Å²) in [6.07, 6.45) is 0. The second-order valence-corrected chi connectivity index (χ2v) is 5.38. The zero-order valence-corrected chi connectivity index (χ0v) is 11.4. The number of rotatable bonds is 2. The van der Waals surface area contributed by atoms with Gasteiger partial charge in [0.25, 0.3) is 0 Å². The lowest BCUT2D eigenvalue weighted by Crippen LogP contribution is -2.47. The van der Waals surface area contributed by atoms with Gasteiger partial charge in [-0.1, -0.05) is 29.3 Å². The van der Waals surface area contributed by atoms with E-state index in [4.69, 9.17) is 33.7 Å². The van der Waals surface area contributed by atoms with Crippen LogP contribution < -0.4 is 11.1 Å². The van der Waals surface area contributed by atoms with Gasteiger partial charge in [-0.15, -0.1) is 0 Å². The standard InChI is InChI=1S/C12H14Cl2N2O2/c1-12(6-18-5-9(12)15)11(17)16-8-4-2-3-7(13)10(8)14/h2-4,9H,5-6,15H2,1H3,(H,16,17). The molecule has 0 aliphatic carbocycles. The Bertz CT molecular complexity index is 481. The molecule has 98 valence electrons. The van der Waals surface area contributed by atoms with Crippen molar-refractivity contribution in [3.05, 3.63) is 28.2 Å².